The van der Waals surface area contributed by atoms with Crippen molar-refractivity contribution < 1.29 is 4.42 Å². The van der Waals surface area contributed by atoms with Crippen LogP contribution in [0.3, 0.4) is 0 Å². The molecule has 4 aromatic heterocycles. The van der Waals surface area contributed by atoms with Crippen molar-refractivity contribution in [3.63, 3.8) is 0 Å². The van der Waals surface area contributed by atoms with Crippen LogP contribution in [0.15, 0.2) is 57.1 Å². The van der Waals surface area contributed by atoms with Crippen LogP contribution in [-0.4, -0.2) is 14.6 Å². The van der Waals surface area contributed by atoms with Crippen molar-refractivity contribution in [2.24, 2.45) is 0 Å². The van der Waals surface area contributed by atoms with Crippen LogP contribution in [0, 0.1) is 0 Å². The lowest BCUT2D eigenvalue weighted by Gasteiger charge is -2.00. The minimum Gasteiger partial charge on any atom is -0.457 e. The maximum atomic E-state index is 12.7. The molecule has 5 aromatic rings. The second kappa shape index (κ2) is 7.85. The van der Waals surface area contributed by atoms with Crippen molar-refractivity contribution in [2.75, 3.05) is 0 Å². The van der Waals surface area contributed by atoms with E-state index < -0.39 is 0 Å². The first-order chi connectivity index (χ1) is 14.6. The van der Waals surface area contributed by atoms with Gasteiger partial charge < -0.3 is 4.42 Å². The maximum Gasteiger partial charge on any atom is 0.291 e. The Kier molecular flexibility index (Phi) is 5.04. The molecule has 0 saturated heterocycles. The third-order valence-electron chi connectivity index (χ3n) is 4.23. The summed E-state index contributed by atoms with van der Waals surface area (Å²) in [6.45, 7) is 0. The molecule has 0 fully saturated rings. The summed E-state index contributed by atoms with van der Waals surface area (Å²) in [7, 11) is 0. The van der Waals surface area contributed by atoms with Gasteiger partial charge in [0.15, 0.2) is 5.82 Å². The van der Waals surface area contributed by atoms with E-state index in [2.05, 4.69) is 10.1 Å². The summed E-state index contributed by atoms with van der Waals surface area (Å²) in [6, 6.07) is 12.7. The molecule has 0 aliphatic heterocycles. The first kappa shape index (κ1) is 19.3. The summed E-state index contributed by atoms with van der Waals surface area (Å²) in [5.74, 6) is 1.59. The van der Waals surface area contributed by atoms with E-state index in [-0.39, 0.29) is 5.56 Å². The monoisotopic (exact) mass is 471 g/mol. The largest absolute Gasteiger partial charge is 0.457 e. The summed E-state index contributed by atoms with van der Waals surface area (Å²) in [5.41, 5.74) is 0.452. The van der Waals surface area contributed by atoms with Gasteiger partial charge in [-0.15, -0.1) is 16.4 Å². The molecule has 148 valence electrons. The molecule has 0 aliphatic carbocycles. The Labute approximate surface area is 188 Å². The summed E-state index contributed by atoms with van der Waals surface area (Å²) in [5, 5.41) is 7.38. The van der Waals surface area contributed by atoms with Crippen molar-refractivity contribution in [1.29, 1.82) is 0 Å². The number of thiazole rings is 1. The van der Waals surface area contributed by atoms with Gasteiger partial charge in [-0.3, -0.25) is 4.79 Å². The van der Waals surface area contributed by atoms with Crippen molar-refractivity contribution in [2.45, 2.75) is 0 Å². The number of hydrogen-bond acceptors (Lipinski definition) is 6. The molecule has 5 nitrogen and oxygen atoms in total. The van der Waals surface area contributed by atoms with Gasteiger partial charge in [0.2, 0.25) is 4.96 Å². The summed E-state index contributed by atoms with van der Waals surface area (Å²) >= 11 is 15.2. The molecule has 0 unspecified atom stereocenters. The van der Waals surface area contributed by atoms with Crippen molar-refractivity contribution in [1.82, 2.24) is 14.6 Å². The van der Waals surface area contributed by atoms with E-state index in [1.54, 1.807) is 53.8 Å². The van der Waals surface area contributed by atoms with Crippen LogP contribution in [0.1, 0.15) is 16.5 Å². The Balaban J connectivity index is 1.47. The predicted molar refractivity (Wildman–Crippen MR) is 123 cm³/mol. The van der Waals surface area contributed by atoms with Gasteiger partial charge in [0, 0.05) is 21.5 Å². The van der Waals surface area contributed by atoms with Crippen molar-refractivity contribution in [3.05, 3.63) is 89.2 Å². The normalized spacial score (nSPS) is 12.5. The van der Waals surface area contributed by atoms with Gasteiger partial charge in [0.1, 0.15) is 16.1 Å². The highest BCUT2D eigenvalue weighted by Crippen LogP contribution is 2.31. The van der Waals surface area contributed by atoms with Crippen LogP contribution < -0.4 is 10.1 Å². The lowest BCUT2D eigenvalue weighted by atomic mass is 10.2. The van der Waals surface area contributed by atoms with Crippen LogP contribution in [0.4, 0.5) is 0 Å². The molecule has 0 atom stereocenters. The van der Waals surface area contributed by atoms with Gasteiger partial charge in [-0.05, 0) is 53.9 Å². The van der Waals surface area contributed by atoms with Crippen LogP contribution >= 0.6 is 45.9 Å². The smallest absolute Gasteiger partial charge is 0.291 e. The molecule has 5 rings (SSSR count). The zero-order valence-electron chi connectivity index (χ0n) is 15.1. The highest BCUT2D eigenvalue weighted by atomic mass is 35.5. The molecule has 0 saturated carbocycles. The molecular weight excluding hydrogens is 461 g/mol. The molecule has 1 aromatic carbocycles. The number of aromatic nitrogens is 3. The lowest BCUT2D eigenvalue weighted by Crippen LogP contribution is -2.23. The van der Waals surface area contributed by atoms with Gasteiger partial charge in [-0.1, -0.05) is 40.6 Å². The number of fused-ring (bicyclic) bond motifs is 1. The van der Waals surface area contributed by atoms with Crippen molar-refractivity contribution in [3.8, 4) is 11.3 Å². The maximum absolute atomic E-state index is 12.7. The Bertz CT molecular complexity index is 1500. The molecule has 0 radical (unpaired) electrons. The molecule has 0 spiro atoms. The predicted octanol–water partition coefficient (Wildman–Crippen LogP) is 5.50. The van der Waals surface area contributed by atoms with E-state index in [1.807, 2.05) is 23.6 Å². The van der Waals surface area contributed by atoms with Gasteiger partial charge in [-0.2, -0.15) is 9.50 Å². The van der Waals surface area contributed by atoms with E-state index >= 15 is 0 Å². The summed E-state index contributed by atoms with van der Waals surface area (Å²) < 4.78 is 7.64. The third kappa shape index (κ3) is 3.73. The quantitative estimate of drug-likeness (QED) is 0.347. The second-order valence-corrected chi connectivity index (χ2v) is 9.09. The van der Waals surface area contributed by atoms with Gasteiger partial charge in [-0.25, -0.2) is 0 Å². The van der Waals surface area contributed by atoms with Crippen LogP contribution in [0.25, 0.3) is 34.5 Å². The molecule has 9 heteroatoms. The Morgan fingerprint density at radius 2 is 2.00 bits per heavy atom. The zero-order chi connectivity index (χ0) is 20.7. The highest BCUT2D eigenvalue weighted by Gasteiger charge is 2.11. The Hall–Kier alpha value is -2.71. The molecule has 0 amide bonds. The molecular formula is C21H11Cl2N3O2S2. The van der Waals surface area contributed by atoms with E-state index in [0.717, 1.165) is 4.88 Å². The average molecular weight is 472 g/mol. The number of furan rings is 1. The minimum atomic E-state index is -0.239. The number of thiophene rings is 1. The van der Waals surface area contributed by atoms with Gasteiger partial charge in [0.25, 0.3) is 5.56 Å². The SMILES string of the molecule is O=c1/c(=C/c2ccc(-c3cc(Cl)ccc3Cl)o2)sc2nc(/C=C/c3cccs3)nn12. The van der Waals surface area contributed by atoms with Crippen LogP contribution in [0.5, 0.6) is 0 Å². The number of hydrogen-bond donors (Lipinski definition) is 0. The van der Waals surface area contributed by atoms with Gasteiger partial charge >= 0.3 is 0 Å². The molecule has 0 aliphatic rings. The Morgan fingerprint density at radius 3 is 2.80 bits per heavy atom. The van der Waals surface area contributed by atoms with E-state index in [1.165, 1.54) is 15.9 Å². The highest BCUT2D eigenvalue weighted by molar-refractivity contribution is 7.15. The van der Waals surface area contributed by atoms with E-state index in [0.29, 0.717) is 42.4 Å². The number of nitrogens with zero attached hydrogens (tertiary/aromatic N) is 3. The Morgan fingerprint density at radius 1 is 1.10 bits per heavy atom. The van der Waals surface area contributed by atoms with E-state index in [4.69, 9.17) is 27.6 Å². The molecule has 0 N–H and O–H groups in total. The lowest BCUT2D eigenvalue weighted by molar-refractivity contribution is 0.571. The van der Waals surface area contributed by atoms with Crippen LogP contribution in [0.2, 0.25) is 10.0 Å². The number of rotatable bonds is 4. The summed E-state index contributed by atoms with van der Waals surface area (Å²) in [6.07, 6.45) is 5.39. The minimum absolute atomic E-state index is 0.239. The van der Waals surface area contributed by atoms with E-state index in [9.17, 15) is 4.79 Å². The first-order valence-corrected chi connectivity index (χ1v) is 11.2. The number of benzene rings is 1. The standard InChI is InChI=1S/C21H11Cl2N3O2S2/c22-12-3-6-16(23)15(10-12)17-7-4-13(28-17)11-18-20(27)26-21(30-18)24-19(25-26)8-5-14-2-1-9-29-14/h1-11H/b8-5+,18-11-. The number of halogens is 2. The first-order valence-electron chi connectivity index (χ1n) is 8.75. The molecule has 0 bridgehead atoms. The molecule has 30 heavy (non-hydrogen) atoms. The van der Waals surface area contributed by atoms with Gasteiger partial charge in [0.05, 0.1) is 5.02 Å². The second-order valence-electron chi connectivity index (χ2n) is 6.26. The van der Waals surface area contributed by atoms with Crippen molar-refractivity contribution >= 4 is 69.1 Å². The average Bonchev–Trinajstić information content (AvgIpc) is 3.51. The summed E-state index contributed by atoms with van der Waals surface area (Å²) in [4.78, 5) is 18.7. The fourth-order valence-electron chi connectivity index (χ4n) is 2.85. The fourth-order valence-corrected chi connectivity index (χ4v) is 4.75. The third-order valence-corrected chi connectivity index (χ3v) is 6.59. The van der Waals surface area contributed by atoms with Crippen LogP contribution in [-0.2, 0) is 0 Å². The zero-order valence-corrected chi connectivity index (χ0v) is 18.2. The fraction of sp³-hybridized carbons (Fsp3) is 0. The topological polar surface area (TPSA) is 60.4 Å². The molecule has 4 heterocycles.